The molecule has 0 spiro atoms. The average Bonchev–Trinajstić information content (AvgIpc) is 0.797. The van der Waals surface area contributed by atoms with Gasteiger partial charge in [-0.05, 0) is 190 Å². The van der Waals surface area contributed by atoms with E-state index in [9.17, 15) is 47.3 Å². The Morgan fingerprint density at radius 1 is 0.435 bits per heavy atom. The highest BCUT2D eigenvalue weighted by Gasteiger charge is 2.47. The van der Waals surface area contributed by atoms with Gasteiger partial charge in [-0.25, -0.2) is 8.42 Å². The maximum Gasteiger partial charge on any atom is 0.320 e. The van der Waals surface area contributed by atoms with Gasteiger partial charge in [-0.1, -0.05) is 165 Å². The maximum absolute atomic E-state index is 13.8. The Labute approximate surface area is 542 Å². The second kappa shape index (κ2) is 30.7. The van der Waals surface area contributed by atoms with Crippen molar-refractivity contribution >= 4 is 79.8 Å². The van der Waals surface area contributed by atoms with E-state index in [1.165, 1.54) is 48.5 Å². The van der Waals surface area contributed by atoms with Crippen molar-refractivity contribution in [3.05, 3.63) is 244 Å². The van der Waals surface area contributed by atoms with Gasteiger partial charge in [0.05, 0.1) is 9.82 Å². The minimum atomic E-state index is -3.38. The lowest BCUT2D eigenvalue weighted by Crippen LogP contribution is -2.42. The first-order chi connectivity index (χ1) is 42.9. The molecular formula is C77H87NO13S. The molecule has 0 saturated heterocycles. The van der Waals surface area contributed by atoms with E-state index in [-0.39, 0.29) is 40.3 Å². The van der Waals surface area contributed by atoms with Crippen LogP contribution < -0.4 is 0 Å². The summed E-state index contributed by atoms with van der Waals surface area (Å²) in [5, 5.41) is 12.7. The lowest BCUT2D eigenvalue weighted by atomic mass is 9.76. The van der Waals surface area contributed by atoms with E-state index in [0.29, 0.717) is 31.2 Å². The molecule has 14 nitrogen and oxygen atoms in total. The molecule has 0 N–H and O–H groups in total. The monoisotopic (exact) mass is 1270 g/mol. The van der Waals surface area contributed by atoms with Gasteiger partial charge in [0.1, 0.15) is 33.0 Å². The number of sulfone groups is 1. The molecule has 0 aliphatic rings. The molecular weight excluding hydrogens is 1180 g/mol. The number of hydrogen-bond acceptors (Lipinski definition) is 13. The van der Waals surface area contributed by atoms with Crippen molar-refractivity contribution in [3.8, 4) is 0 Å². The van der Waals surface area contributed by atoms with Crippen LogP contribution in [0.3, 0.4) is 0 Å². The number of fused-ring (bicyclic) bond motifs is 1. The summed E-state index contributed by atoms with van der Waals surface area (Å²) < 4.78 is 40.3. The average molecular weight is 1270 g/mol. The van der Waals surface area contributed by atoms with E-state index in [1.807, 2.05) is 130 Å². The van der Waals surface area contributed by atoms with E-state index < -0.39 is 77.3 Å². The van der Waals surface area contributed by atoms with Crippen LogP contribution in [0.2, 0.25) is 0 Å². The maximum atomic E-state index is 13.8. The van der Waals surface area contributed by atoms with Crippen molar-refractivity contribution in [3.63, 3.8) is 0 Å². The molecule has 0 saturated carbocycles. The zero-order valence-corrected chi connectivity index (χ0v) is 56.2. The molecule has 3 unspecified atom stereocenters. The van der Waals surface area contributed by atoms with Crippen molar-refractivity contribution in [1.29, 1.82) is 0 Å². The molecule has 0 fully saturated rings. The molecule has 0 heterocycles. The van der Waals surface area contributed by atoms with E-state index in [2.05, 4.69) is 19.7 Å². The quantitative estimate of drug-likeness (QED) is 0.0146. The lowest BCUT2D eigenvalue weighted by molar-refractivity contribution is -0.384. The molecule has 484 valence electrons. The van der Waals surface area contributed by atoms with Gasteiger partial charge in [-0.2, -0.15) is 0 Å². The van der Waals surface area contributed by atoms with Crippen molar-refractivity contribution in [2.45, 2.75) is 143 Å². The van der Waals surface area contributed by atoms with Crippen molar-refractivity contribution < 1.29 is 56.3 Å². The summed E-state index contributed by atoms with van der Waals surface area (Å²) in [6, 6.07) is 47.7. The van der Waals surface area contributed by atoms with Crippen molar-refractivity contribution in [1.82, 2.24) is 0 Å². The van der Waals surface area contributed by atoms with Crippen LogP contribution in [-0.2, 0) is 57.7 Å². The molecule has 0 aliphatic heterocycles. The number of nitro groups is 1. The second-order valence-corrected chi connectivity index (χ2v) is 28.5. The topological polar surface area (TPSA) is 207 Å². The first kappa shape index (κ1) is 73.5. The van der Waals surface area contributed by atoms with Crippen LogP contribution in [0.15, 0.2) is 188 Å². The fourth-order valence-corrected chi connectivity index (χ4v) is 10.3. The molecule has 0 radical (unpaired) electrons. The highest BCUT2D eigenvalue weighted by Crippen LogP contribution is 2.37. The van der Waals surface area contributed by atoms with Gasteiger partial charge in [0.2, 0.25) is 0 Å². The Morgan fingerprint density at radius 3 is 1.07 bits per heavy atom. The van der Waals surface area contributed by atoms with Crippen LogP contribution in [-0.4, -0.2) is 71.7 Å². The fourth-order valence-electron chi connectivity index (χ4n) is 9.69. The highest BCUT2D eigenvalue weighted by molar-refractivity contribution is 7.90. The van der Waals surface area contributed by atoms with E-state index in [1.54, 1.807) is 86.6 Å². The normalized spacial score (nSPS) is 13.5. The van der Waals surface area contributed by atoms with Crippen LogP contribution in [0.1, 0.15) is 167 Å². The molecule has 0 bridgehead atoms. The van der Waals surface area contributed by atoms with Crippen molar-refractivity contribution in [2.24, 2.45) is 16.2 Å². The number of carbonyl (C=O) groups is 6. The predicted molar refractivity (Wildman–Crippen MR) is 366 cm³/mol. The summed E-state index contributed by atoms with van der Waals surface area (Å²) in [6.45, 7) is 32.1. The van der Waals surface area contributed by atoms with Crippen LogP contribution >= 0.6 is 0 Å². The molecule has 7 rings (SSSR count). The standard InChI is InChI=1S/C28H30O3.C25H30O5S.C24H27NO5/c1-6-20-14-16-21(17-15-20)18-19-28(5,26(30)31-27(2,3)4)25(29)24-13-9-11-22-10-7-8-12-23(22)24;1-7-18-8-10-19(11-9-18)16-17-25(5,23(27)30-24(2,3)4)22(26)20-12-14-21(15-13-20)31(6,28)29;1-6-17-7-9-18(10-8-17)15-16-24(5,22(27)30-23(2,3)4)21(26)19-11-13-20(14-12-19)25(28)29/h6-17H,1,18-19H2,2-5H3;7-15H,1,16-17H2,2-6H3;6-14H,1,15-16H2,2-5H3. The summed E-state index contributed by atoms with van der Waals surface area (Å²) >= 11 is 0. The van der Waals surface area contributed by atoms with Crippen molar-refractivity contribution in [2.75, 3.05) is 6.26 Å². The van der Waals surface area contributed by atoms with E-state index in [0.717, 1.165) is 50.4 Å². The Kier molecular flexibility index (Phi) is 24.6. The molecule has 7 aromatic rings. The molecule has 15 heteroatoms. The molecule has 0 aliphatic carbocycles. The smallest absolute Gasteiger partial charge is 0.320 e. The Morgan fingerprint density at radius 2 is 0.750 bits per heavy atom. The number of carbonyl (C=O) groups excluding carboxylic acids is 6. The van der Waals surface area contributed by atoms with E-state index >= 15 is 0 Å². The summed E-state index contributed by atoms with van der Waals surface area (Å²) in [7, 11) is -3.38. The van der Waals surface area contributed by atoms with Crippen LogP contribution in [0, 0.1) is 26.4 Å². The summed E-state index contributed by atoms with van der Waals surface area (Å²) in [5.41, 5.74) is 0.638. The van der Waals surface area contributed by atoms with Gasteiger partial charge in [0.25, 0.3) is 5.69 Å². The van der Waals surface area contributed by atoms with Gasteiger partial charge >= 0.3 is 17.9 Å². The predicted octanol–water partition coefficient (Wildman–Crippen LogP) is 16.9. The van der Waals surface area contributed by atoms with Gasteiger partial charge in [0.15, 0.2) is 27.2 Å². The molecule has 0 amide bonds. The minimum Gasteiger partial charge on any atom is -0.459 e. The lowest BCUT2D eigenvalue weighted by Gasteiger charge is -2.31. The van der Waals surface area contributed by atoms with Gasteiger partial charge < -0.3 is 14.2 Å². The number of Topliss-reactive ketones (excluding diaryl/α,β-unsaturated/α-hetero) is 3. The van der Waals surface area contributed by atoms with Gasteiger partial charge in [0, 0.05) is 35.1 Å². The first-order valence-corrected chi connectivity index (χ1v) is 32.3. The molecule has 0 aromatic heterocycles. The van der Waals surface area contributed by atoms with Crippen LogP contribution in [0.4, 0.5) is 5.69 Å². The third-order valence-electron chi connectivity index (χ3n) is 15.4. The van der Waals surface area contributed by atoms with Gasteiger partial charge in [-0.3, -0.25) is 38.9 Å². The number of non-ortho nitro benzene ring substituents is 1. The Bertz CT molecular complexity index is 3920. The highest BCUT2D eigenvalue weighted by atomic mass is 32.2. The number of benzene rings is 7. The second-order valence-electron chi connectivity index (χ2n) is 26.5. The number of esters is 3. The number of aryl methyl sites for hydroxylation is 3. The van der Waals surface area contributed by atoms with Crippen LogP contribution in [0.5, 0.6) is 0 Å². The summed E-state index contributed by atoms with van der Waals surface area (Å²) in [4.78, 5) is 90.4. The fraction of sp³-hybridized carbons (Fsp3) is 0.325. The number of nitro benzene ring substituents is 1. The SMILES string of the molecule is C=Cc1ccc(CCC(C)(C(=O)OC(C)(C)C)C(=O)c2ccc(S(C)(=O)=O)cc2)cc1.C=Cc1ccc(CCC(C)(C(=O)OC(C)(C)C)C(=O)c2ccc([N+](=O)[O-])cc2)cc1.C=Cc1ccc(CCC(C)(C(=O)OC(C)(C)C)C(=O)c2cccc3ccccc23)cc1. The first-order valence-electron chi connectivity index (χ1n) is 30.4. The zero-order valence-electron chi connectivity index (χ0n) is 55.3. The molecule has 3 atom stereocenters. The molecule has 7 aromatic carbocycles. The minimum absolute atomic E-state index is 0.116. The van der Waals surface area contributed by atoms with Crippen LogP contribution in [0.25, 0.3) is 29.0 Å². The number of rotatable bonds is 23. The third-order valence-corrected chi connectivity index (χ3v) is 16.5. The number of ether oxygens (including phenoxy) is 3. The van der Waals surface area contributed by atoms with E-state index in [4.69, 9.17) is 14.2 Å². The number of hydrogen-bond donors (Lipinski definition) is 0. The summed E-state index contributed by atoms with van der Waals surface area (Å²) in [6.07, 6.45) is 8.82. The van der Waals surface area contributed by atoms with Gasteiger partial charge in [-0.15, -0.1) is 0 Å². The Hall–Kier alpha value is -9.21. The largest absolute Gasteiger partial charge is 0.459 e. The number of nitrogens with zero attached hydrogens (tertiary/aromatic N) is 1. The summed E-state index contributed by atoms with van der Waals surface area (Å²) in [5.74, 6) is -2.72. The number of ketones is 3. The molecule has 92 heavy (non-hydrogen) atoms. The Balaban J connectivity index is 0.000000250. The third kappa shape index (κ3) is 20.4. The zero-order chi connectivity index (χ0) is 68.6.